The summed E-state index contributed by atoms with van der Waals surface area (Å²) in [5, 5.41) is 15.6. The van der Waals surface area contributed by atoms with E-state index in [1.807, 2.05) is 42.5 Å². The number of nitrogens with zero attached hydrogens (tertiary/aromatic N) is 1. The number of anilines is 1. The van der Waals surface area contributed by atoms with E-state index in [2.05, 4.69) is 10.3 Å². The fraction of sp³-hybridized carbons (Fsp3) is 0.111. The third-order valence-electron chi connectivity index (χ3n) is 3.68. The van der Waals surface area contributed by atoms with Gasteiger partial charge < -0.3 is 16.2 Å². The molecule has 0 fully saturated rings. The van der Waals surface area contributed by atoms with Gasteiger partial charge >= 0.3 is 0 Å². The van der Waals surface area contributed by atoms with Gasteiger partial charge in [-0.2, -0.15) is 0 Å². The van der Waals surface area contributed by atoms with Gasteiger partial charge in [0.25, 0.3) is 0 Å². The molecule has 1 amide bonds. The van der Waals surface area contributed by atoms with Gasteiger partial charge in [0.15, 0.2) is 0 Å². The van der Waals surface area contributed by atoms with E-state index in [-0.39, 0.29) is 6.54 Å². The van der Waals surface area contributed by atoms with Crippen molar-refractivity contribution in [2.75, 3.05) is 11.9 Å². The van der Waals surface area contributed by atoms with Gasteiger partial charge in [-0.15, -0.1) is 0 Å². The van der Waals surface area contributed by atoms with Gasteiger partial charge in [-0.25, -0.2) is 4.98 Å². The van der Waals surface area contributed by atoms with Crippen LogP contribution in [0, 0.1) is 0 Å². The highest BCUT2D eigenvalue weighted by Crippen LogP contribution is 2.20. The molecular weight excluding hydrogens is 290 g/mol. The van der Waals surface area contributed by atoms with Crippen molar-refractivity contribution in [2.24, 2.45) is 5.73 Å². The molecule has 0 saturated carbocycles. The van der Waals surface area contributed by atoms with Crippen molar-refractivity contribution in [1.82, 2.24) is 4.98 Å². The number of pyridine rings is 1. The number of aliphatic hydroxyl groups is 1. The quantitative estimate of drug-likeness (QED) is 0.675. The zero-order chi connectivity index (χ0) is 16.2. The minimum atomic E-state index is -0.682. The Kier molecular flexibility index (Phi) is 4.21. The number of nitrogens with one attached hydrogen (secondary N) is 1. The number of rotatable bonds is 5. The zero-order valence-electron chi connectivity index (χ0n) is 12.4. The van der Waals surface area contributed by atoms with Crippen LogP contribution < -0.4 is 11.1 Å². The Morgan fingerprint density at radius 1 is 1.13 bits per heavy atom. The molecule has 3 rings (SSSR count). The fourth-order valence-electron chi connectivity index (χ4n) is 2.41. The Morgan fingerprint density at radius 3 is 2.70 bits per heavy atom. The third-order valence-corrected chi connectivity index (χ3v) is 3.68. The number of carbonyl (C=O) groups excluding carboxylic acids is 1. The molecule has 116 valence electrons. The molecule has 5 heteroatoms. The highest BCUT2D eigenvalue weighted by molar-refractivity contribution is 5.93. The largest absolute Gasteiger partial charge is 0.387 e. The second kappa shape index (κ2) is 6.46. The molecule has 0 spiro atoms. The van der Waals surface area contributed by atoms with E-state index in [1.165, 1.54) is 6.20 Å². The van der Waals surface area contributed by atoms with Crippen LogP contribution in [-0.2, 0) is 0 Å². The summed E-state index contributed by atoms with van der Waals surface area (Å²) in [5.41, 5.74) is 6.44. The summed E-state index contributed by atoms with van der Waals surface area (Å²) in [6.07, 6.45) is 0.823. The molecule has 4 N–H and O–H groups in total. The average Bonchev–Trinajstić information content (AvgIpc) is 2.59. The highest BCUT2D eigenvalue weighted by atomic mass is 16.3. The first-order valence-electron chi connectivity index (χ1n) is 7.30. The van der Waals surface area contributed by atoms with Crippen LogP contribution in [0.15, 0.2) is 60.8 Å². The van der Waals surface area contributed by atoms with Crippen molar-refractivity contribution in [2.45, 2.75) is 6.10 Å². The van der Waals surface area contributed by atoms with Gasteiger partial charge in [-0.3, -0.25) is 4.79 Å². The van der Waals surface area contributed by atoms with Crippen LogP contribution in [-0.4, -0.2) is 22.5 Å². The van der Waals surface area contributed by atoms with Crippen LogP contribution >= 0.6 is 0 Å². The second-order valence-electron chi connectivity index (χ2n) is 5.30. The molecule has 0 aliphatic rings. The molecule has 0 aliphatic carbocycles. The molecule has 0 aliphatic heterocycles. The minimum Gasteiger partial charge on any atom is -0.387 e. The number of amides is 1. The Morgan fingerprint density at radius 2 is 1.91 bits per heavy atom. The van der Waals surface area contributed by atoms with E-state index in [4.69, 9.17) is 5.73 Å². The van der Waals surface area contributed by atoms with Gasteiger partial charge in [-0.1, -0.05) is 36.4 Å². The molecule has 23 heavy (non-hydrogen) atoms. The molecule has 5 nitrogen and oxygen atoms in total. The van der Waals surface area contributed by atoms with Crippen LogP contribution in [0.2, 0.25) is 0 Å². The summed E-state index contributed by atoms with van der Waals surface area (Å²) >= 11 is 0. The first kappa shape index (κ1) is 15.0. The first-order valence-corrected chi connectivity index (χ1v) is 7.30. The fourth-order valence-corrected chi connectivity index (χ4v) is 2.41. The molecule has 0 saturated heterocycles. The molecule has 2 aromatic carbocycles. The molecular formula is C18H17N3O2. The van der Waals surface area contributed by atoms with Crippen LogP contribution in [0.1, 0.15) is 22.0 Å². The Bertz CT molecular complexity index is 848. The van der Waals surface area contributed by atoms with Gasteiger partial charge in [0, 0.05) is 18.3 Å². The van der Waals surface area contributed by atoms with Crippen molar-refractivity contribution in [3.05, 3.63) is 71.9 Å². The Labute approximate surface area is 133 Å². The lowest BCUT2D eigenvalue weighted by Gasteiger charge is -2.13. The lowest BCUT2D eigenvalue weighted by molar-refractivity contribution is 0.1000. The molecule has 0 radical (unpaired) electrons. The standard InChI is InChI=1S/C18H17N3O2/c19-18(23)15-7-8-20-17(10-15)21-11-16(22)14-6-5-12-3-1-2-4-13(12)9-14/h1-10,16,22H,11H2,(H2,19,23)(H,20,21). The van der Waals surface area contributed by atoms with Crippen molar-refractivity contribution in [3.8, 4) is 0 Å². The highest BCUT2D eigenvalue weighted by Gasteiger charge is 2.09. The van der Waals surface area contributed by atoms with Crippen molar-refractivity contribution >= 4 is 22.5 Å². The van der Waals surface area contributed by atoms with Crippen LogP contribution in [0.5, 0.6) is 0 Å². The second-order valence-corrected chi connectivity index (χ2v) is 5.30. The zero-order valence-corrected chi connectivity index (χ0v) is 12.4. The SMILES string of the molecule is NC(=O)c1ccnc(NCC(O)c2ccc3ccccc3c2)c1. The molecule has 1 aromatic heterocycles. The summed E-state index contributed by atoms with van der Waals surface area (Å²) in [7, 11) is 0. The van der Waals surface area contributed by atoms with E-state index in [0.29, 0.717) is 11.4 Å². The molecule has 1 unspecified atom stereocenters. The summed E-state index contributed by atoms with van der Waals surface area (Å²) in [5.74, 6) is -0.00772. The average molecular weight is 307 g/mol. The number of hydrogen-bond acceptors (Lipinski definition) is 4. The molecule has 3 aromatic rings. The predicted molar refractivity (Wildman–Crippen MR) is 90.2 cm³/mol. The molecule has 1 heterocycles. The monoisotopic (exact) mass is 307 g/mol. The maximum Gasteiger partial charge on any atom is 0.248 e. The topological polar surface area (TPSA) is 88.2 Å². The number of primary amides is 1. The summed E-state index contributed by atoms with van der Waals surface area (Å²) in [6.45, 7) is 0.285. The normalized spacial score (nSPS) is 12.0. The van der Waals surface area contributed by atoms with Gasteiger partial charge in [0.1, 0.15) is 5.82 Å². The van der Waals surface area contributed by atoms with E-state index in [9.17, 15) is 9.90 Å². The maximum absolute atomic E-state index is 11.2. The van der Waals surface area contributed by atoms with Crippen molar-refractivity contribution in [1.29, 1.82) is 0 Å². The number of hydrogen-bond donors (Lipinski definition) is 3. The molecule has 1 atom stereocenters. The van der Waals surface area contributed by atoms with Gasteiger partial charge in [0.05, 0.1) is 6.10 Å². The number of fused-ring (bicyclic) bond motifs is 1. The lowest BCUT2D eigenvalue weighted by atomic mass is 10.0. The first-order chi connectivity index (χ1) is 11.1. The summed E-state index contributed by atoms with van der Waals surface area (Å²) < 4.78 is 0. The van der Waals surface area contributed by atoms with Crippen LogP contribution in [0.25, 0.3) is 10.8 Å². The predicted octanol–water partition coefficient (Wildman–Crippen LogP) is 2.48. The summed E-state index contributed by atoms with van der Waals surface area (Å²) in [6, 6.07) is 17.0. The van der Waals surface area contributed by atoms with Gasteiger partial charge in [-0.05, 0) is 34.5 Å². The van der Waals surface area contributed by atoms with E-state index >= 15 is 0 Å². The Balaban J connectivity index is 1.72. The minimum absolute atomic E-state index is 0.285. The van der Waals surface area contributed by atoms with E-state index in [0.717, 1.165) is 16.3 Å². The number of carbonyl (C=O) groups is 1. The number of benzene rings is 2. The van der Waals surface area contributed by atoms with Crippen LogP contribution in [0.3, 0.4) is 0 Å². The van der Waals surface area contributed by atoms with E-state index in [1.54, 1.807) is 12.1 Å². The number of aromatic nitrogens is 1. The Hall–Kier alpha value is -2.92. The van der Waals surface area contributed by atoms with Crippen LogP contribution in [0.4, 0.5) is 5.82 Å². The smallest absolute Gasteiger partial charge is 0.248 e. The molecule has 0 bridgehead atoms. The van der Waals surface area contributed by atoms with Crippen molar-refractivity contribution < 1.29 is 9.90 Å². The van der Waals surface area contributed by atoms with E-state index < -0.39 is 12.0 Å². The maximum atomic E-state index is 11.2. The van der Waals surface area contributed by atoms with Crippen molar-refractivity contribution in [3.63, 3.8) is 0 Å². The summed E-state index contributed by atoms with van der Waals surface area (Å²) in [4.78, 5) is 15.3. The number of nitrogens with two attached hydrogens (primary N) is 1. The third kappa shape index (κ3) is 3.46. The number of aliphatic hydroxyl groups excluding tert-OH is 1. The lowest BCUT2D eigenvalue weighted by Crippen LogP contribution is -2.15. The van der Waals surface area contributed by atoms with Gasteiger partial charge in [0.2, 0.25) is 5.91 Å².